The highest BCUT2D eigenvalue weighted by Gasteiger charge is 2.25. The molecule has 9 heteroatoms. The number of pyridine rings is 1. The molecule has 0 amide bonds. The second-order valence-electron chi connectivity index (χ2n) is 5.83. The lowest BCUT2D eigenvalue weighted by atomic mass is 10.1. The van der Waals surface area contributed by atoms with Gasteiger partial charge in [0.25, 0.3) is 0 Å². The molecule has 0 radical (unpaired) electrons. The van der Waals surface area contributed by atoms with Crippen LogP contribution in [0.25, 0.3) is 17.3 Å². The number of hydrogen-bond donors (Lipinski definition) is 0. The predicted molar refractivity (Wildman–Crippen MR) is 95.1 cm³/mol. The summed E-state index contributed by atoms with van der Waals surface area (Å²) in [5.74, 6) is 1.84. The fourth-order valence-electron chi connectivity index (χ4n) is 2.72. The smallest absolute Gasteiger partial charge is 0.201 e. The van der Waals surface area contributed by atoms with Gasteiger partial charge in [0, 0.05) is 23.4 Å². The van der Waals surface area contributed by atoms with Crippen LogP contribution in [-0.2, 0) is 16.3 Å². The van der Waals surface area contributed by atoms with Gasteiger partial charge in [0.1, 0.15) is 11.5 Å². The van der Waals surface area contributed by atoms with E-state index in [-0.39, 0.29) is 11.7 Å². The van der Waals surface area contributed by atoms with Crippen LogP contribution < -0.4 is 0 Å². The quantitative estimate of drug-likeness (QED) is 0.696. The second-order valence-corrected chi connectivity index (χ2v) is 8.82. The molecule has 0 bridgehead atoms. The Kier molecular flexibility index (Phi) is 3.97. The van der Waals surface area contributed by atoms with Crippen LogP contribution in [0.15, 0.2) is 41.3 Å². The molecule has 0 fully saturated rings. The number of aromatic nitrogens is 5. The van der Waals surface area contributed by atoms with Gasteiger partial charge in [-0.3, -0.25) is 0 Å². The van der Waals surface area contributed by atoms with E-state index in [1.165, 1.54) is 16.7 Å². The fraction of sp³-hybridized carbons (Fsp3) is 0.250. The minimum absolute atomic E-state index is 0.104. The van der Waals surface area contributed by atoms with Crippen molar-refractivity contribution in [1.82, 2.24) is 24.7 Å². The standard InChI is InChI=1S/C16H15N5O2S2/c1-11-18-13(9-24-11)16-19-15(8-12-5-7-25(22,23)10-12)21(20-16)14-4-2-3-6-17-14/h2-7,9,12H,8,10H2,1H3/t12-/m1/s1. The van der Waals surface area contributed by atoms with Crippen molar-refractivity contribution in [2.45, 2.75) is 13.3 Å². The van der Waals surface area contributed by atoms with Gasteiger partial charge in [-0.25, -0.2) is 23.4 Å². The van der Waals surface area contributed by atoms with Crippen molar-refractivity contribution in [2.24, 2.45) is 5.92 Å². The normalized spacial score (nSPS) is 18.7. The Morgan fingerprint density at radius 1 is 1.32 bits per heavy atom. The zero-order valence-corrected chi connectivity index (χ0v) is 15.0. The van der Waals surface area contributed by atoms with Gasteiger partial charge in [-0.2, -0.15) is 4.68 Å². The lowest BCUT2D eigenvalue weighted by Gasteiger charge is -2.07. The molecule has 0 saturated heterocycles. The maximum absolute atomic E-state index is 11.7. The van der Waals surface area contributed by atoms with Crippen LogP contribution in [0.3, 0.4) is 0 Å². The molecule has 3 aromatic heterocycles. The Morgan fingerprint density at radius 3 is 2.84 bits per heavy atom. The summed E-state index contributed by atoms with van der Waals surface area (Å²) >= 11 is 1.54. The molecule has 25 heavy (non-hydrogen) atoms. The fourth-order valence-corrected chi connectivity index (χ4v) is 4.71. The van der Waals surface area contributed by atoms with Crippen LogP contribution in [0.2, 0.25) is 0 Å². The van der Waals surface area contributed by atoms with E-state index >= 15 is 0 Å². The molecule has 1 aliphatic rings. The minimum atomic E-state index is -3.10. The van der Waals surface area contributed by atoms with E-state index in [0.717, 1.165) is 5.01 Å². The van der Waals surface area contributed by atoms with Crippen LogP contribution in [0.1, 0.15) is 10.8 Å². The van der Waals surface area contributed by atoms with Crippen LogP contribution in [-0.4, -0.2) is 38.9 Å². The van der Waals surface area contributed by atoms with E-state index in [0.29, 0.717) is 29.6 Å². The third-order valence-electron chi connectivity index (χ3n) is 3.84. The molecule has 7 nitrogen and oxygen atoms in total. The molecule has 1 aliphatic heterocycles. The van der Waals surface area contributed by atoms with Gasteiger partial charge >= 0.3 is 0 Å². The molecule has 1 atom stereocenters. The molecule has 0 unspecified atom stereocenters. The number of sulfone groups is 1. The monoisotopic (exact) mass is 373 g/mol. The number of rotatable bonds is 4. The first kappa shape index (κ1) is 16.1. The molecule has 4 heterocycles. The summed E-state index contributed by atoms with van der Waals surface area (Å²) < 4.78 is 25.0. The van der Waals surface area contributed by atoms with Gasteiger partial charge in [0.05, 0.1) is 10.8 Å². The summed E-state index contributed by atoms with van der Waals surface area (Å²) in [7, 11) is -3.10. The molecule has 0 N–H and O–H groups in total. The molecular formula is C16H15N5O2S2. The first-order chi connectivity index (χ1) is 12.0. The van der Waals surface area contributed by atoms with Crippen molar-refractivity contribution in [2.75, 3.05) is 5.75 Å². The van der Waals surface area contributed by atoms with Crippen molar-refractivity contribution in [3.8, 4) is 17.3 Å². The SMILES string of the molecule is Cc1nc(-c2nc(C[C@H]3C=CS(=O)(=O)C3)n(-c3ccccn3)n2)cs1. The maximum Gasteiger partial charge on any atom is 0.201 e. The second kappa shape index (κ2) is 6.16. The Bertz CT molecular complexity index is 1040. The van der Waals surface area contributed by atoms with E-state index < -0.39 is 9.84 Å². The Labute approximate surface area is 149 Å². The zero-order valence-electron chi connectivity index (χ0n) is 13.4. The molecule has 128 valence electrons. The van der Waals surface area contributed by atoms with Crippen molar-refractivity contribution < 1.29 is 8.42 Å². The third kappa shape index (κ3) is 3.38. The molecular weight excluding hydrogens is 358 g/mol. The largest absolute Gasteiger partial charge is 0.238 e. The minimum Gasteiger partial charge on any atom is -0.238 e. The topological polar surface area (TPSA) is 90.6 Å². The summed E-state index contributed by atoms with van der Waals surface area (Å²) in [6.45, 7) is 1.93. The zero-order chi connectivity index (χ0) is 17.4. The molecule has 0 saturated carbocycles. The Balaban J connectivity index is 1.73. The van der Waals surface area contributed by atoms with Crippen molar-refractivity contribution in [3.05, 3.63) is 52.1 Å². The summed E-state index contributed by atoms with van der Waals surface area (Å²) in [6.07, 6.45) is 3.88. The first-order valence-electron chi connectivity index (χ1n) is 7.71. The van der Waals surface area contributed by atoms with E-state index in [1.807, 2.05) is 30.5 Å². The lowest BCUT2D eigenvalue weighted by Crippen LogP contribution is -2.13. The van der Waals surface area contributed by atoms with E-state index in [1.54, 1.807) is 17.0 Å². The summed E-state index contributed by atoms with van der Waals surface area (Å²) in [5.41, 5.74) is 0.716. The molecule has 0 aromatic carbocycles. The average Bonchev–Trinajstić information content (AvgIpc) is 3.27. The molecule has 3 aromatic rings. The van der Waals surface area contributed by atoms with Gasteiger partial charge in [-0.15, -0.1) is 16.4 Å². The van der Waals surface area contributed by atoms with E-state index in [4.69, 9.17) is 0 Å². The molecule has 0 aliphatic carbocycles. The van der Waals surface area contributed by atoms with Gasteiger partial charge in [0.2, 0.25) is 5.82 Å². The van der Waals surface area contributed by atoms with Gasteiger partial charge < -0.3 is 0 Å². The molecule has 4 rings (SSSR count). The summed E-state index contributed by atoms with van der Waals surface area (Å²) in [4.78, 5) is 13.4. The highest BCUT2D eigenvalue weighted by molar-refractivity contribution is 7.94. The summed E-state index contributed by atoms with van der Waals surface area (Å²) in [6, 6.07) is 5.55. The predicted octanol–water partition coefficient (Wildman–Crippen LogP) is 2.20. The van der Waals surface area contributed by atoms with Gasteiger partial charge in [-0.05, 0) is 25.0 Å². The number of nitrogens with zero attached hydrogens (tertiary/aromatic N) is 5. The lowest BCUT2D eigenvalue weighted by molar-refractivity contribution is 0.593. The highest BCUT2D eigenvalue weighted by atomic mass is 32.2. The highest BCUT2D eigenvalue weighted by Crippen LogP contribution is 2.24. The van der Waals surface area contributed by atoms with Crippen molar-refractivity contribution in [1.29, 1.82) is 0 Å². The van der Waals surface area contributed by atoms with Crippen LogP contribution in [0, 0.1) is 12.8 Å². The Morgan fingerprint density at radius 2 is 2.20 bits per heavy atom. The van der Waals surface area contributed by atoms with E-state index in [9.17, 15) is 8.42 Å². The summed E-state index contributed by atoms with van der Waals surface area (Å²) in [5, 5.41) is 8.69. The van der Waals surface area contributed by atoms with Gasteiger partial charge in [0.15, 0.2) is 15.7 Å². The number of allylic oxidation sites excluding steroid dienone is 1. The Hall–Kier alpha value is -2.39. The average molecular weight is 373 g/mol. The van der Waals surface area contributed by atoms with Crippen molar-refractivity contribution >= 4 is 21.2 Å². The number of hydrogen-bond acceptors (Lipinski definition) is 7. The van der Waals surface area contributed by atoms with Crippen LogP contribution in [0.4, 0.5) is 0 Å². The molecule has 0 spiro atoms. The third-order valence-corrected chi connectivity index (χ3v) is 6.08. The number of aryl methyl sites for hydroxylation is 1. The first-order valence-corrected chi connectivity index (χ1v) is 10.3. The van der Waals surface area contributed by atoms with Gasteiger partial charge in [-0.1, -0.05) is 12.1 Å². The van der Waals surface area contributed by atoms with Crippen molar-refractivity contribution in [3.63, 3.8) is 0 Å². The van der Waals surface area contributed by atoms with Crippen LogP contribution in [0.5, 0.6) is 0 Å². The number of thiazole rings is 1. The van der Waals surface area contributed by atoms with Crippen LogP contribution >= 0.6 is 11.3 Å². The van der Waals surface area contributed by atoms with E-state index in [2.05, 4.69) is 20.1 Å². The maximum atomic E-state index is 11.7.